The lowest BCUT2D eigenvalue weighted by Gasteiger charge is -2.18. The summed E-state index contributed by atoms with van der Waals surface area (Å²) in [5.74, 6) is 1.55. The molecule has 0 saturated carbocycles. The third-order valence-electron chi connectivity index (χ3n) is 3.23. The number of carbonyl (C=O) groups is 1. The predicted molar refractivity (Wildman–Crippen MR) is 71.6 cm³/mol. The van der Waals surface area contributed by atoms with E-state index >= 15 is 0 Å². The third-order valence-corrected chi connectivity index (χ3v) is 3.23. The minimum atomic E-state index is -0.116. The minimum Gasteiger partial charge on any atom is -0.334 e. The van der Waals surface area contributed by atoms with Crippen molar-refractivity contribution in [1.82, 2.24) is 20.1 Å². The molecular formula is C14H16N4O. The van der Waals surface area contributed by atoms with Crippen LogP contribution in [-0.4, -0.2) is 20.7 Å². The SMILES string of the molecule is CC(C)(C)c1nnc2n1CNC(=O)c1ccccc1-2. The van der Waals surface area contributed by atoms with Crippen LogP contribution in [0.1, 0.15) is 37.0 Å². The van der Waals surface area contributed by atoms with E-state index in [1.807, 2.05) is 28.8 Å². The fourth-order valence-electron chi connectivity index (χ4n) is 2.33. The van der Waals surface area contributed by atoms with Gasteiger partial charge < -0.3 is 5.32 Å². The topological polar surface area (TPSA) is 59.8 Å². The van der Waals surface area contributed by atoms with Gasteiger partial charge in [-0.15, -0.1) is 10.2 Å². The maximum atomic E-state index is 12.1. The number of fused-ring (bicyclic) bond motifs is 3. The van der Waals surface area contributed by atoms with Crippen LogP contribution in [0.4, 0.5) is 0 Å². The van der Waals surface area contributed by atoms with Gasteiger partial charge >= 0.3 is 0 Å². The van der Waals surface area contributed by atoms with E-state index in [1.165, 1.54) is 0 Å². The number of benzene rings is 1. The van der Waals surface area contributed by atoms with Crippen molar-refractivity contribution >= 4 is 5.91 Å². The molecule has 1 amide bonds. The predicted octanol–water partition coefficient (Wildman–Crippen LogP) is 1.94. The molecule has 5 heteroatoms. The zero-order valence-corrected chi connectivity index (χ0v) is 11.3. The first-order valence-electron chi connectivity index (χ1n) is 6.30. The van der Waals surface area contributed by atoms with Gasteiger partial charge in [-0.05, 0) is 6.07 Å². The van der Waals surface area contributed by atoms with Gasteiger partial charge in [-0.25, -0.2) is 0 Å². The second-order valence-corrected chi connectivity index (χ2v) is 5.73. The molecule has 0 fully saturated rings. The maximum absolute atomic E-state index is 12.1. The zero-order valence-electron chi connectivity index (χ0n) is 11.3. The number of aromatic nitrogens is 3. The lowest BCUT2D eigenvalue weighted by molar-refractivity contribution is 0.0944. The largest absolute Gasteiger partial charge is 0.334 e. The number of hydrogen-bond donors (Lipinski definition) is 1. The van der Waals surface area contributed by atoms with Gasteiger partial charge in [-0.3, -0.25) is 9.36 Å². The van der Waals surface area contributed by atoms with Crippen molar-refractivity contribution in [3.63, 3.8) is 0 Å². The molecule has 98 valence electrons. The molecule has 0 aliphatic carbocycles. The molecule has 19 heavy (non-hydrogen) atoms. The standard InChI is InChI=1S/C14H16N4O/c1-14(2,3)13-17-16-11-9-6-4-5-7-10(9)12(19)15-8-18(11)13/h4-7H,8H2,1-3H3,(H,15,19). The van der Waals surface area contributed by atoms with E-state index < -0.39 is 0 Å². The van der Waals surface area contributed by atoms with Crippen molar-refractivity contribution < 1.29 is 4.79 Å². The number of carbonyl (C=O) groups excluding carboxylic acids is 1. The summed E-state index contributed by atoms with van der Waals surface area (Å²) in [6.45, 7) is 6.66. The Morgan fingerprint density at radius 2 is 1.84 bits per heavy atom. The van der Waals surface area contributed by atoms with Gasteiger partial charge in [0.1, 0.15) is 5.82 Å². The van der Waals surface area contributed by atoms with Crippen LogP contribution in [-0.2, 0) is 12.1 Å². The monoisotopic (exact) mass is 256 g/mol. The Morgan fingerprint density at radius 1 is 1.16 bits per heavy atom. The van der Waals surface area contributed by atoms with Crippen molar-refractivity contribution in [2.45, 2.75) is 32.9 Å². The van der Waals surface area contributed by atoms with Gasteiger partial charge in [0.25, 0.3) is 5.91 Å². The average molecular weight is 256 g/mol. The Kier molecular flexibility index (Phi) is 2.45. The highest BCUT2D eigenvalue weighted by Gasteiger charge is 2.28. The summed E-state index contributed by atoms with van der Waals surface area (Å²) < 4.78 is 1.98. The van der Waals surface area contributed by atoms with E-state index in [4.69, 9.17) is 0 Å². The summed E-state index contributed by atoms with van der Waals surface area (Å²) in [6.07, 6.45) is 0. The Hall–Kier alpha value is -2.17. The lowest BCUT2D eigenvalue weighted by atomic mass is 9.95. The third kappa shape index (κ3) is 1.82. The molecule has 1 aliphatic rings. The van der Waals surface area contributed by atoms with Crippen molar-refractivity contribution in [2.75, 3.05) is 0 Å². The van der Waals surface area contributed by atoms with Crippen molar-refractivity contribution in [1.29, 1.82) is 0 Å². The Balaban J connectivity index is 2.26. The summed E-state index contributed by atoms with van der Waals surface area (Å²) in [5.41, 5.74) is 1.37. The van der Waals surface area contributed by atoms with Crippen LogP contribution in [0.15, 0.2) is 24.3 Å². The quantitative estimate of drug-likeness (QED) is 0.783. The van der Waals surface area contributed by atoms with Crippen molar-refractivity contribution in [3.05, 3.63) is 35.7 Å². The molecular weight excluding hydrogens is 240 g/mol. The normalized spacial score (nSPS) is 14.4. The van der Waals surface area contributed by atoms with Gasteiger partial charge in [-0.1, -0.05) is 39.0 Å². The summed E-state index contributed by atoms with van der Waals surface area (Å²) >= 11 is 0. The molecule has 5 nitrogen and oxygen atoms in total. The molecule has 1 aromatic carbocycles. The zero-order chi connectivity index (χ0) is 13.6. The summed E-state index contributed by atoms with van der Waals surface area (Å²) in [7, 11) is 0. The molecule has 3 rings (SSSR count). The first kappa shape index (κ1) is 11.9. The van der Waals surface area contributed by atoms with Gasteiger partial charge in [-0.2, -0.15) is 0 Å². The van der Waals surface area contributed by atoms with E-state index in [1.54, 1.807) is 0 Å². The maximum Gasteiger partial charge on any atom is 0.253 e. The highest BCUT2D eigenvalue weighted by atomic mass is 16.1. The fourth-order valence-corrected chi connectivity index (χ4v) is 2.33. The van der Waals surface area contributed by atoms with E-state index in [2.05, 4.69) is 36.3 Å². The molecule has 1 aliphatic heterocycles. The first-order valence-corrected chi connectivity index (χ1v) is 6.30. The Bertz CT molecular complexity index is 652. The highest BCUT2D eigenvalue weighted by molar-refractivity contribution is 6.00. The molecule has 0 saturated heterocycles. The van der Waals surface area contributed by atoms with Crippen LogP contribution in [0, 0.1) is 0 Å². The van der Waals surface area contributed by atoms with Crippen molar-refractivity contribution in [3.8, 4) is 11.4 Å². The van der Waals surface area contributed by atoms with E-state index in [9.17, 15) is 4.79 Å². The summed E-state index contributed by atoms with van der Waals surface area (Å²) in [6, 6.07) is 7.49. The van der Waals surface area contributed by atoms with Crippen LogP contribution in [0.25, 0.3) is 11.4 Å². The van der Waals surface area contributed by atoms with E-state index in [0.717, 1.165) is 17.2 Å². The lowest BCUT2D eigenvalue weighted by Crippen LogP contribution is -2.27. The summed E-state index contributed by atoms with van der Waals surface area (Å²) in [5, 5.41) is 11.5. The molecule has 0 bridgehead atoms. The van der Waals surface area contributed by atoms with Gasteiger partial charge in [0.05, 0.1) is 12.2 Å². The average Bonchev–Trinajstić information content (AvgIpc) is 2.74. The Labute approximate surface area is 111 Å². The minimum absolute atomic E-state index is 0.0686. The number of hydrogen-bond acceptors (Lipinski definition) is 3. The van der Waals surface area contributed by atoms with Crippen molar-refractivity contribution in [2.24, 2.45) is 0 Å². The molecule has 0 unspecified atom stereocenters. The Morgan fingerprint density at radius 3 is 2.53 bits per heavy atom. The number of amides is 1. The van der Waals surface area contributed by atoms with Gasteiger partial charge in [0, 0.05) is 11.0 Å². The highest BCUT2D eigenvalue weighted by Crippen LogP contribution is 2.29. The fraction of sp³-hybridized carbons (Fsp3) is 0.357. The smallest absolute Gasteiger partial charge is 0.253 e. The van der Waals surface area contributed by atoms with Crippen LogP contribution in [0.3, 0.4) is 0 Å². The van der Waals surface area contributed by atoms with Gasteiger partial charge in [0.2, 0.25) is 0 Å². The molecule has 0 spiro atoms. The molecule has 2 aromatic rings. The van der Waals surface area contributed by atoms with Crippen LogP contribution >= 0.6 is 0 Å². The first-order chi connectivity index (χ1) is 8.98. The molecule has 1 N–H and O–H groups in total. The molecule has 0 radical (unpaired) electrons. The van der Waals surface area contributed by atoms with Crippen LogP contribution in [0.2, 0.25) is 0 Å². The number of nitrogens with zero attached hydrogens (tertiary/aromatic N) is 3. The van der Waals surface area contributed by atoms with E-state index in [-0.39, 0.29) is 11.3 Å². The van der Waals surface area contributed by atoms with E-state index in [0.29, 0.717) is 12.2 Å². The molecule has 0 atom stereocenters. The number of nitrogens with one attached hydrogen (secondary N) is 1. The van der Waals surface area contributed by atoms with Gasteiger partial charge in [0.15, 0.2) is 5.82 Å². The second kappa shape index (κ2) is 3.91. The van der Waals surface area contributed by atoms with Crippen LogP contribution < -0.4 is 5.32 Å². The second-order valence-electron chi connectivity index (χ2n) is 5.73. The summed E-state index contributed by atoms with van der Waals surface area (Å²) in [4.78, 5) is 12.1. The van der Waals surface area contributed by atoms with Crippen LogP contribution in [0.5, 0.6) is 0 Å². The molecule has 2 heterocycles. The molecule has 1 aromatic heterocycles. The number of rotatable bonds is 0.